The molecular formula is C15H14FNO2S. The molecule has 0 fully saturated rings. The van der Waals surface area contributed by atoms with E-state index in [9.17, 15) is 9.18 Å². The first-order chi connectivity index (χ1) is 9.56. The third-order valence-electron chi connectivity index (χ3n) is 2.95. The molecule has 0 heterocycles. The van der Waals surface area contributed by atoms with Gasteiger partial charge in [0.15, 0.2) is 11.6 Å². The molecule has 3 nitrogen and oxygen atoms in total. The molecule has 2 rings (SSSR count). The van der Waals surface area contributed by atoms with E-state index in [4.69, 9.17) is 10.5 Å². The zero-order valence-corrected chi connectivity index (χ0v) is 12.0. The number of nitrogens with two attached hydrogens (primary N) is 1. The number of thioether (sulfide) groups is 1. The molecule has 0 unspecified atom stereocenters. The second-order valence-corrected chi connectivity index (χ2v) is 4.98. The number of amides is 1. The summed E-state index contributed by atoms with van der Waals surface area (Å²) in [7, 11) is 1.42. The lowest BCUT2D eigenvalue weighted by molar-refractivity contribution is 0.100. The first-order valence-electron chi connectivity index (χ1n) is 5.88. The molecule has 2 aromatic rings. The van der Waals surface area contributed by atoms with Crippen molar-refractivity contribution in [2.45, 2.75) is 4.90 Å². The van der Waals surface area contributed by atoms with E-state index in [1.54, 1.807) is 24.3 Å². The van der Waals surface area contributed by atoms with Crippen molar-refractivity contribution < 1.29 is 13.9 Å². The summed E-state index contributed by atoms with van der Waals surface area (Å²) < 4.78 is 18.7. The molecule has 0 saturated heterocycles. The van der Waals surface area contributed by atoms with Crippen molar-refractivity contribution in [3.8, 4) is 16.9 Å². The Morgan fingerprint density at radius 1 is 1.25 bits per heavy atom. The largest absolute Gasteiger partial charge is 0.494 e. The molecule has 0 bridgehead atoms. The van der Waals surface area contributed by atoms with Gasteiger partial charge in [0.1, 0.15) is 0 Å². The summed E-state index contributed by atoms with van der Waals surface area (Å²) in [6.07, 6.45) is 1.92. The van der Waals surface area contributed by atoms with Crippen molar-refractivity contribution in [2.75, 3.05) is 13.4 Å². The topological polar surface area (TPSA) is 52.3 Å². The highest BCUT2D eigenvalue weighted by Gasteiger charge is 2.11. The third kappa shape index (κ3) is 2.77. The second kappa shape index (κ2) is 5.96. The van der Waals surface area contributed by atoms with Crippen molar-refractivity contribution in [1.29, 1.82) is 0 Å². The van der Waals surface area contributed by atoms with Crippen molar-refractivity contribution >= 4 is 17.7 Å². The van der Waals surface area contributed by atoms with Gasteiger partial charge in [0.2, 0.25) is 5.91 Å². The zero-order chi connectivity index (χ0) is 14.7. The minimum atomic E-state index is -0.507. The SMILES string of the molecule is COc1ccc(-c2cc(C(N)=O)ccc2SC)cc1F. The molecule has 0 saturated carbocycles. The van der Waals surface area contributed by atoms with Gasteiger partial charge in [-0.1, -0.05) is 6.07 Å². The van der Waals surface area contributed by atoms with E-state index in [0.717, 1.165) is 10.5 Å². The van der Waals surface area contributed by atoms with Gasteiger partial charge in [0.25, 0.3) is 0 Å². The van der Waals surface area contributed by atoms with Gasteiger partial charge in [-0.3, -0.25) is 4.79 Å². The van der Waals surface area contributed by atoms with Crippen LogP contribution in [0.5, 0.6) is 5.75 Å². The quantitative estimate of drug-likeness (QED) is 0.879. The van der Waals surface area contributed by atoms with Crippen molar-refractivity contribution in [3.05, 3.63) is 47.8 Å². The van der Waals surface area contributed by atoms with Crippen LogP contribution in [0.1, 0.15) is 10.4 Å². The first-order valence-corrected chi connectivity index (χ1v) is 7.11. The summed E-state index contributed by atoms with van der Waals surface area (Å²) in [4.78, 5) is 12.2. The molecular weight excluding hydrogens is 277 g/mol. The molecule has 5 heteroatoms. The number of hydrogen-bond donors (Lipinski definition) is 1. The number of benzene rings is 2. The Bertz CT molecular complexity index is 658. The van der Waals surface area contributed by atoms with Crippen LogP contribution < -0.4 is 10.5 Å². The highest BCUT2D eigenvalue weighted by molar-refractivity contribution is 7.98. The lowest BCUT2D eigenvalue weighted by Gasteiger charge is -2.10. The summed E-state index contributed by atoms with van der Waals surface area (Å²) in [5, 5.41) is 0. The molecule has 0 aromatic heterocycles. The number of carbonyl (C=O) groups is 1. The second-order valence-electron chi connectivity index (χ2n) is 4.13. The summed E-state index contributed by atoms with van der Waals surface area (Å²) >= 11 is 1.52. The van der Waals surface area contributed by atoms with E-state index in [1.165, 1.54) is 24.9 Å². The van der Waals surface area contributed by atoms with Crippen LogP contribution in [0.25, 0.3) is 11.1 Å². The van der Waals surface area contributed by atoms with Crippen LogP contribution in [-0.2, 0) is 0 Å². The smallest absolute Gasteiger partial charge is 0.248 e. The highest BCUT2D eigenvalue weighted by atomic mass is 32.2. The van der Waals surface area contributed by atoms with Crippen LogP contribution in [0.2, 0.25) is 0 Å². The molecule has 104 valence electrons. The number of methoxy groups -OCH3 is 1. The Balaban J connectivity index is 2.57. The van der Waals surface area contributed by atoms with Gasteiger partial charge < -0.3 is 10.5 Å². The van der Waals surface area contributed by atoms with Gasteiger partial charge in [-0.05, 0) is 47.7 Å². The lowest BCUT2D eigenvalue weighted by atomic mass is 10.0. The summed E-state index contributed by atoms with van der Waals surface area (Å²) in [6, 6.07) is 9.85. The highest BCUT2D eigenvalue weighted by Crippen LogP contribution is 2.33. The third-order valence-corrected chi connectivity index (χ3v) is 3.74. The molecule has 0 aliphatic carbocycles. The predicted molar refractivity (Wildman–Crippen MR) is 78.7 cm³/mol. The molecule has 2 aromatic carbocycles. The maximum absolute atomic E-state index is 13.8. The number of carbonyl (C=O) groups excluding carboxylic acids is 1. The van der Waals surface area contributed by atoms with Crippen molar-refractivity contribution in [1.82, 2.24) is 0 Å². The maximum atomic E-state index is 13.8. The van der Waals surface area contributed by atoms with Crippen molar-refractivity contribution in [3.63, 3.8) is 0 Å². The van der Waals surface area contributed by atoms with Crippen molar-refractivity contribution in [2.24, 2.45) is 5.73 Å². The Labute approximate surface area is 120 Å². The van der Waals surface area contributed by atoms with Crippen LogP contribution in [0.3, 0.4) is 0 Å². The van der Waals surface area contributed by atoms with Crippen LogP contribution in [-0.4, -0.2) is 19.3 Å². The van der Waals surface area contributed by atoms with Gasteiger partial charge in [0.05, 0.1) is 7.11 Å². The Hall–Kier alpha value is -2.01. The van der Waals surface area contributed by atoms with Crippen LogP contribution in [0.4, 0.5) is 4.39 Å². The molecule has 1 amide bonds. The standard InChI is InChI=1S/C15H14FNO2S/c1-19-13-5-3-9(8-12(13)16)11-7-10(15(17)18)4-6-14(11)20-2/h3-8H,1-2H3,(H2,17,18). The molecule has 2 N–H and O–H groups in total. The van der Waals surface area contributed by atoms with E-state index in [2.05, 4.69) is 0 Å². The van der Waals surface area contributed by atoms with E-state index >= 15 is 0 Å². The average molecular weight is 291 g/mol. The summed E-state index contributed by atoms with van der Waals surface area (Å²) in [5.41, 5.74) is 7.14. The van der Waals surface area contributed by atoms with E-state index in [1.807, 2.05) is 12.3 Å². The Morgan fingerprint density at radius 3 is 2.55 bits per heavy atom. The Kier molecular flexibility index (Phi) is 4.29. The first kappa shape index (κ1) is 14.4. The lowest BCUT2D eigenvalue weighted by Crippen LogP contribution is -2.10. The van der Waals surface area contributed by atoms with Crippen LogP contribution in [0.15, 0.2) is 41.3 Å². The number of rotatable bonds is 4. The monoisotopic (exact) mass is 291 g/mol. The molecule has 0 aliphatic rings. The maximum Gasteiger partial charge on any atom is 0.248 e. The number of ether oxygens (including phenoxy) is 1. The van der Waals surface area contributed by atoms with E-state index in [0.29, 0.717) is 11.1 Å². The van der Waals surface area contributed by atoms with Crippen LogP contribution in [0, 0.1) is 5.82 Å². The predicted octanol–water partition coefficient (Wildman–Crippen LogP) is 3.32. The normalized spacial score (nSPS) is 10.3. The van der Waals surface area contributed by atoms with Gasteiger partial charge >= 0.3 is 0 Å². The van der Waals surface area contributed by atoms with E-state index < -0.39 is 11.7 Å². The fourth-order valence-corrected chi connectivity index (χ4v) is 2.52. The average Bonchev–Trinajstić information content (AvgIpc) is 2.46. The fraction of sp³-hybridized carbons (Fsp3) is 0.133. The molecule has 20 heavy (non-hydrogen) atoms. The number of hydrogen-bond acceptors (Lipinski definition) is 3. The zero-order valence-electron chi connectivity index (χ0n) is 11.1. The molecule has 0 radical (unpaired) electrons. The molecule has 0 spiro atoms. The van der Waals surface area contributed by atoms with E-state index in [-0.39, 0.29) is 5.75 Å². The summed E-state index contributed by atoms with van der Waals surface area (Å²) in [5.74, 6) is -0.764. The van der Waals surface area contributed by atoms with Gasteiger partial charge in [0, 0.05) is 10.5 Å². The minimum absolute atomic E-state index is 0.186. The number of halogens is 1. The summed E-state index contributed by atoms with van der Waals surface area (Å²) in [6.45, 7) is 0. The fourth-order valence-electron chi connectivity index (χ4n) is 1.92. The molecule has 0 aliphatic heterocycles. The minimum Gasteiger partial charge on any atom is -0.494 e. The van der Waals surface area contributed by atoms with Gasteiger partial charge in [-0.25, -0.2) is 4.39 Å². The Morgan fingerprint density at radius 2 is 2.00 bits per heavy atom. The van der Waals surface area contributed by atoms with Crippen LogP contribution >= 0.6 is 11.8 Å². The van der Waals surface area contributed by atoms with Gasteiger partial charge in [-0.15, -0.1) is 11.8 Å². The number of primary amides is 1. The van der Waals surface area contributed by atoms with Gasteiger partial charge in [-0.2, -0.15) is 0 Å². The molecule has 0 atom stereocenters.